The summed E-state index contributed by atoms with van der Waals surface area (Å²) in [7, 11) is 0. The highest BCUT2D eigenvalue weighted by molar-refractivity contribution is 5.78. The minimum absolute atomic E-state index is 0.0346. The summed E-state index contributed by atoms with van der Waals surface area (Å²) in [6.45, 7) is 16.2. The van der Waals surface area contributed by atoms with Gasteiger partial charge >= 0.3 is 17.9 Å². The summed E-state index contributed by atoms with van der Waals surface area (Å²) in [5.41, 5.74) is 3.44. The second-order valence-electron chi connectivity index (χ2n) is 11.3. The minimum Gasteiger partial charge on any atom is -0.460 e. The summed E-state index contributed by atoms with van der Waals surface area (Å²) in [4.78, 5) is 37.5. The third-order valence-electron chi connectivity index (χ3n) is 4.10. The standard InChI is InChI=1S/C24H47N3O7/c1-22(2,3)32-18(28)14-13-17(20(30)34-24(7,8)9)27-21(31)26-16(12-10-11-15-25)19(29)33-23(4,5)6/h16-17,21,26-27,31H,10-15,25H2,1-9H3/t16-,17-,21?/m0/s1. The first kappa shape index (κ1) is 32.2. The highest BCUT2D eigenvalue weighted by atomic mass is 16.6. The zero-order valence-electron chi connectivity index (χ0n) is 22.4. The topological polar surface area (TPSA) is 149 Å². The molecule has 0 aromatic heterocycles. The molecule has 0 amide bonds. The minimum atomic E-state index is -1.44. The summed E-state index contributed by atoms with van der Waals surface area (Å²) in [6.07, 6.45) is 0.279. The van der Waals surface area contributed by atoms with Crippen LogP contribution in [0.1, 0.15) is 94.4 Å². The molecule has 0 aliphatic rings. The van der Waals surface area contributed by atoms with Gasteiger partial charge in [-0.25, -0.2) is 0 Å². The number of aliphatic hydroxyl groups is 1. The third kappa shape index (κ3) is 16.8. The fourth-order valence-corrected chi connectivity index (χ4v) is 2.86. The zero-order chi connectivity index (χ0) is 26.7. The molecule has 0 aliphatic carbocycles. The number of nitrogens with two attached hydrogens (primary N) is 1. The first-order valence-electron chi connectivity index (χ1n) is 11.9. The quantitative estimate of drug-likeness (QED) is 0.131. The Labute approximate surface area is 204 Å². The van der Waals surface area contributed by atoms with E-state index >= 15 is 0 Å². The number of esters is 3. The molecule has 3 atom stereocenters. The predicted octanol–water partition coefficient (Wildman–Crippen LogP) is 2.11. The van der Waals surface area contributed by atoms with Crippen molar-refractivity contribution < 1.29 is 33.7 Å². The summed E-state index contributed by atoms with van der Waals surface area (Å²) in [5, 5.41) is 16.1. The Morgan fingerprint density at radius 1 is 0.735 bits per heavy atom. The average molecular weight is 490 g/mol. The Morgan fingerprint density at radius 2 is 1.15 bits per heavy atom. The normalized spacial score (nSPS) is 15.3. The van der Waals surface area contributed by atoms with Gasteiger partial charge in [-0.2, -0.15) is 0 Å². The van der Waals surface area contributed by atoms with Gasteiger partial charge in [-0.05, 0) is 88.1 Å². The van der Waals surface area contributed by atoms with Crippen LogP contribution in [0.5, 0.6) is 0 Å². The molecule has 10 nitrogen and oxygen atoms in total. The first-order chi connectivity index (χ1) is 15.3. The van der Waals surface area contributed by atoms with Crippen molar-refractivity contribution in [3.63, 3.8) is 0 Å². The zero-order valence-corrected chi connectivity index (χ0v) is 22.4. The van der Waals surface area contributed by atoms with E-state index in [0.717, 1.165) is 0 Å². The second-order valence-corrected chi connectivity index (χ2v) is 11.3. The van der Waals surface area contributed by atoms with Crippen molar-refractivity contribution in [1.29, 1.82) is 0 Å². The maximum Gasteiger partial charge on any atom is 0.323 e. The molecular weight excluding hydrogens is 442 g/mol. The van der Waals surface area contributed by atoms with Crippen LogP contribution in [0.4, 0.5) is 0 Å². The Balaban J connectivity index is 5.35. The summed E-state index contributed by atoms with van der Waals surface area (Å²) >= 11 is 0. The van der Waals surface area contributed by atoms with E-state index in [2.05, 4.69) is 10.6 Å². The van der Waals surface area contributed by atoms with Crippen LogP contribution in [0.25, 0.3) is 0 Å². The molecule has 0 heterocycles. The van der Waals surface area contributed by atoms with Crippen molar-refractivity contribution in [3.05, 3.63) is 0 Å². The molecule has 0 saturated heterocycles. The van der Waals surface area contributed by atoms with E-state index in [1.807, 2.05) is 0 Å². The number of ether oxygens (including phenoxy) is 3. The SMILES string of the molecule is CC(C)(C)OC(=O)CC[C@H](NC(O)N[C@@H](CCCCN)C(=O)OC(C)(C)C)C(=O)OC(C)(C)C. The molecule has 0 aromatic rings. The van der Waals surface area contributed by atoms with Crippen molar-refractivity contribution in [2.75, 3.05) is 6.54 Å². The van der Waals surface area contributed by atoms with Gasteiger partial charge in [0, 0.05) is 6.42 Å². The van der Waals surface area contributed by atoms with Gasteiger partial charge in [0.1, 0.15) is 28.9 Å². The van der Waals surface area contributed by atoms with Crippen LogP contribution >= 0.6 is 0 Å². The molecule has 0 aliphatic heterocycles. The fraction of sp³-hybridized carbons (Fsp3) is 0.875. The van der Waals surface area contributed by atoms with E-state index in [-0.39, 0.29) is 12.8 Å². The molecule has 0 aromatic carbocycles. The molecule has 34 heavy (non-hydrogen) atoms. The Morgan fingerprint density at radius 3 is 1.53 bits per heavy atom. The van der Waals surface area contributed by atoms with Gasteiger partial charge in [0.05, 0.1) is 0 Å². The lowest BCUT2D eigenvalue weighted by molar-refractivity contribution is -0.160. The van der Waals surface area contributed by atoms with Crippen LogP contribution in [-0.2, 0) is 28.6 Å². The lowest BCUT2D eigenvalue weighted by atomic mass is 10.1. The Bertz CT molecular complexity index is 648. The van der Waals surface area contributed by atoms with Gasteiger partial charge in [-0.1, -0.05) is 6.42 Å². The lowest BCUT2D eigenvalue weighted by Crippen LogP contribution is -2.56. The van der Waals surface area contributed by atoms with Gasteiger partial charge in [-0.3, -0.25) is 25.0 Å². The number of nitrogens with one attached hydrogen (secondary N) is 2. The number of carbonyl (C=O) groups is 3. The van der Waals surface area contributed by atoms with Crippen LogP contribution in [0.15, 0.2) is 0 Å². The lowest BCUT2D eigenvalue weighted by Gasteiger charge is -2.29. The van der Waals surface area contributed by atoms with Crippen molar-refractivity contribution in [3.8, 4) is 0 Å². The van der Waals surface area contributed by atoms with Crippen molar-refractivity contribution >= 4 is 17.9 Å². The summed E-state index contributed by atoms with van der Waals surface area (Å²) in [5.74, 6) is -1.62. The monoisotopic (exact) mass is 489 g/mol. The predicted molar refractivity (Wildman–Crippen MR) is 130 cm³/mol. The van der Waals surface area contributed by atoms with E-state index in [1.54, 1.807) is 62.3 Å². The highest BCUT2D eigenvalue weighted by Gasteiger charge is 2.31. The molecule has 0 spiro atoms. The number of aliphatic hydroxyl groups excluding tert-OH is 1. The van der Waals surface area contributed by atoms with Gasteiger partial charge < -0.3 is 25.1 Å². The number of hydrogen-bond acceptors (Lipinski definition) is 10. The van der Waals surface area contributed by atoms with E-state index in [4.69, 9.17) is 19.9 Å². The largest absolute Gasteiger partial charge is 0.460 e. The fourth-order valence-electron chi connectivity index (χ4n) is 2.86. The molecule has 0 rings (SSSR count). The Hall–Kier alpha value is -1.75. The molecular formula is C24H47N3O7. The van der Waals surface area contributed by atoms with Crippen LogP contribution in [0, 0.1) is 0 Å². The molecule has 0 fully saturated rings. The molecule has 0 bridgehead atoms. The van der Waals surface area contributed by atoms with Gasteiger partial charge in [0.25, 0.3) is 0 Å². The van der Waals surface area contributed by atoms with E-state index in [0.29, 0.717) is 25.8 Å². The maximum atomic E-state index is 12.7. The van der Waals surface area contributed by atoms with E-state index in [1.165, 1.54) is 0 Å². The van der Waals surface area contributed by atoms with E-state index < -0.39 is 53.1 Å². The molecule has 5 N–H and O–H groups in total. The van der Waals surface area contributed by atoms with Crippen LogP contribution in [0.2, 0.25) is 0 Å². The van der Waals surface area contributed by atoms with Crippen LogP contribution in [0.3, 0.4) is 0 Å². The van der Waals surface area contributed by atoms with Gasteiger partial charge in [-0.15, -0.1) is 0 Å². The summed E-state index contributed by atoms with van der Waals surface area (Å²) < 4.78 is 16.2. The molecule has 0 radical (unpaired) electrons. The molecule has 0 saturated carbocycles. The van der Waals surface area contributed by atoms with Crippen molar-refractivity contribution in [2.45, 2.75) is 130 Å². The van der Waals surface area contributed by atoms with Crippen molar-refractivity contribution in [1.82, 2.24) is 10.6 Å². The number of unbranched alkanes of at least 4 members (excludes halogenated alkanes) is 1. The number of carbonyl (C=O) groups excluding carboxylic acids is 3. The molecule has 10 heteroatoms. The van der Waals surface area contributed by atoms with Gasteiger partial charge in [0.15, 0.2) is 6.35 Å². The molecule has 1 unspecified atom stereocenters. The van der Waals surface area contributed by atoms with Crippen LogP contribution in [-0.4, -0.2) is 64.8 Å². The van der Waals surface area contributed by atoms with Crippen LogP contribution < -0.4 is 16.4 Å². The Kier molecular flexibility index (Phi) is 13.2. The first-order valence-corrected chi connectivity index (χ1v) is 11.9. The average Bonchev–Trinajstić information content (AvgIpc) is 2.60. The number of rotatable bonds is 13. The van der Waals surface area contributed by atoms with E-state index in [9.17, 15) is 19.5 Å². The number of hydrogen-bond donors (Lipinski definition) is 4. The second kappa shape index (κ2) is 14.0. The van der Waals surface area contributed by atoms with Crippen molar-refractivity contribution in [2.24, 2.45) is 5.73 Å². The third-order valence-corrected chi connectivity index (χ3v) is 4.10. The smallest absolute Gasteiger partial charge is 0.323 e. The highest BCUT2D eigenvalue weighted by Crippen LogP contribution is 2.15. The summed E-state index contributed by atoms with van der Waals surface area (Å²) in [6, 6.07) is -1.84. The molecule has 200 valence electrons. The maximum absolute atomic E-state index is 12.7. The van der Waals surface area contributed by atoms with Gasteiger partial charge in [0.2, 0.25) is 0 Å².